The molecule has 2 aromatic rings. The first kappa shape index (κ1) is 19.9. The van der Waals surface area contributed by atoms with Crippen LogP contribution in [0.4, 0.5) is 0 Å². The zero-order valence-electron chi connectivity index (χ0n) is 16.7. The molecule has 28 heavy (non-hydrogen) atoms. The molecule has 1 aliphatic heterocycles. The smallest absolute Gasteiger partial charge is 0.274 e. The van der Waals surface area contributed by atoms with Crippen molar-refractivity contribution in [3.8, 4) is 11.5 Å². The fraction of sp³-hybridized carbons (Fsp3) is 0.476. The normalized spacial score (nSPS) is 16.2. The summed E-state index contributed by atoms with van der Waals surface area (Å²) in [5, 5.41) is 4.32. The summed E-state index contributed by atoms with van der Waals surface area (Å²) in [5.41, 5.74) is 1.04. The predicted molar refractivity (Wildman–Crippen MR) is 106 cm³/mol. The zero-order chi connectivity index (χ0) is 20.1. The van der Waals surface area contributed by atoms with Gasteiger partial charge in [-0.2, -0.15) is 5.10 Å². The van der Waals surface area contributed by atoms with Crippen molar-refractivity contribution in [3.05, 3.63) is 51.9 Å². The summed E-state index contributed by atoms with van der Waals surface area (Å²) in [6, 6.07) is 8.45. The van der Waals surface area contributed by atoms with Crippen LogP contribution >= 0.6 is 0 Å². The highest BCUT2D eigenvalue weighted by molar-refractivity contribution is 5.92. The van der Waals surface area contributed by atoms with Gasteiger partial charge in [0.2, 0.25) is 0 Å². The molecule has 1 aromatic heterocycles. The Morgan fingerprint density at radius 2 is 2.04 bits per heavy atom. The summed E-state index contributed by atoms with van der Waals surface area (Å²) in [4.78, 5) is 27.0. The van der Waals surface area contributed by atoms with Crippen LogP contribution in [0, 0.1) is 0 Å². The number of nitrogens with zero attached hydrogens (tertiary/aromatic N) is 3. The second-order valence-corrected chi connectivity index (χ2v) is 6.90. The summed E-state index contributed by atoms with van der Waals surface area (Å²) in [5.74, 6) is 1.28. The number of rotatable bonds is 7. The third-order valence-corrected chi connectivity index (χ3v) is 5.12. The average Bonchev–Trinajstić information content (AvgIpc) is 3.21. The molecular weight excluding hydrogens is 358 g/mol. The SMILES string of the molecule is CCCCn1nc(C(=O)N2CCC[C@H]2c2cc(OC)ccc2OC)ccc1=O. The van der Waals surface area contributed by atoms with Crippen molar-refractivity contribution in [3.63, 3.8) is 0 Å². The van der Waals surface area contributed by atoms with Gasteiger partial charge in [0.25, 0.3) is 11.5 Å². The zero-order valence-corrected chi connectivity index (χ0v) is 16.7. The van der Waals surface area contributed by atoms with Gasteiger partial charge in [-0.25, -0.2) is 4.68 Å². The molecule has 0 spiro atoms. The number of amides is 1. The highest BCUT2D eigenvalue weighted by Gasteiger charge is 2.33. The molecular formula is C21H27N3O4. The minimum Gasteiger partial charge on any atom is -0.497 e. The van der Waals surface area contributed by atoms with Crippen LogP contribution in [0.1, 0.15) is 54.7 Å². The molecule has 7 heteroatoms. The molecule has 150 valence electrons. The third-order valence-electron chi connectivity index (χ3n) is 5.12. The van der Waals surface area contributed by atoms with E-state index in [4.69, 9.17) is 9.47 Å². The predicted octanol–water partition coefficient (Wildman–Crippen LogP) is 3.04. The quantitative estimate of drug-likeness (QED) is 0.732. The number of ether oxygens (including phenoxy) is 2. The van der Waals surface area contributed by atoms with E-state index in [1.54, 1.807) is 14.2 Å². The molecule has 0 bridgehead atoms. The maximum atomic E-state index is 13.2. The van der Waals surface area contributed by atoms with Gasteiger partial charge >= 0.3 is 0 Å². The van der Waals surface area contributed by atoms with Crippen LogP contribution in [-0.2, 0) is 6.54 Å². The molecule has 1 aromatic carbocycles. The molecule has 1 saturated heterocycles. The van der Waals surface area contributed by atoms with E-state index in [-0.39, 0.29) is 17.5 Å². The van der Waals surface area contributed by atoms with E-state index >= 15 is 0 Å². The van der Waals surface area contributed by atoms with Gasteiger partial charge in [0.05, 0.1) is 20.3 Å². The van der Waals surface area contributed by atoms with Crippen LogP contribution in [0.5, 0.6) is 11.5 Å². The number of hydrogen-bond donors (Lipinski definition) is 0. The minimum absolute atomic E-state index is 0.115. The van der Waals surface area contributed by atoms with Gasteiger partial charge in [-0.1, -0.05) is 13.3 Å². The van der Waals surface area contributed by atoms with Crippen LogP contribution in [0.3, 0.4) is 0 Å². The Labute approximate surface area is 164 Å². The maximum Gasteiger partial charge on any atom is 0.274 e. The molecule has 1 amide bonds. The molecule has 1 fully saturated rings. The Balaban J connectivity index is 1.91. The first-order chi connectivity index (χ1) is 13.6. The van der Waals surface area contributed by atoms with Crippen molar-refractivity contribution < 1.29 is 14.3 Å². The number of carbonyl (C=O) groups excluding carboxylic acids is 1. The van der Waals surface area contributed by atoms with E-state index in [1.807, 2.05) is 23.1 Å². The largest absolute Gasteiger partial charge is 0.497 e. The Morgan fingerprint density at radius 1 is 1.21 bits per heavy atom. The van der Waals surface area contributed by atoms with E-state index in [0.29, 0.717) is 18.8 Å². The Bertz CT molecular complexity index is 893. The van der Waals surface area contributed by atoms with Crippen molar-refractivity contribution >= 4 is 5.91 Å². The molecule has 0 saturated carbocycles. The number of methoxy groups -OCH3 is 2. The van der Waals surface area contributed by atoms with Crippen molar-refractivity contribution in [1.82, 2.24) is 14.7 Å². The number of likely N-dealkylation sites (tertiary alicyclic amines) is 1. The number of aryl methyl sites for hydroxylation is 1. The fourth-order valence-electron chi connectivity index (χ4n) is 3.61. The number of aromatic nitrogens is 2. The fourth-order valence-corrected chi connectivity index (χ4v) is 3.61. The Kier molecular flexibility index (Phi) is 6.34. The Morgan fingerprint density at radius 3 is 2.75 bits per heavy atom. The van der Waals surface area contributed by atoms with E-state index in [9.17, 15) is 9.59 Å². The second-order valence-electron chi connectivity index (χ2n) is 6.90. The highest BCUT2D eigenvalue weighted by atomic mass is 16.5. The number of unbranched alkanes of at least 4 members (excludes halogenated alkanes) is 1. The number of benzene rings is 1. The van der Waals surface area contributed by atoms with Gasteiger partial charge in [-0.15, -0.1) is 0 Å². The lowest BCUT2D eigenvalue weighted by Gasteiger charge is -2.26. The summed E-state index contributed by atoms with van der Waals surface area (Å²) < 4.78 is 12.2. The third kappa shape index (κ3) is 4.03. The van der Waals surface area contributed by atoms with Crippen LogP contribution in [0.15, 0.2) is 35.1 Å². The lowest BCUT2D eigenvalue weighted by molar-refractivity contribution is 0.0725. The first-order valence-corrected chi connectivity index (χ1v) is 9.70. The van der Waals surface area contributed by atoms with E-state index in [1.165, 1.54) is 16.8 Å². The van der Waals surface area contributed by atoms with Crippen LogP contribution in [0.25, 0.3) is 0 Å². The monoisotopic (exact) mass is 385 g/mol. The van der Waals surface area contributed by atoms with Gasteiger partial charge in [0.15, 0.2) is 0 Å². The van der Waals surface area contributed by atoms with E-state index in [0.717, 1.165) is 42.7 Å². The van der Waals surface area contributed by atoms with Crippen molar-refractivity contribution in [2.24, 2.45) is 0 Å². The summed E-state index contributed by atoms with van der Waals surface area (Å²) in [6.07, 6.45) is 3.53. The van der Waals surface area contributed by atoms with Gasteiger partial charge in [-0.05, 0) is 43.5 Å². The molecule has 0 radical (unpaired) electrons. The van der Waals surface area contributed by atoms with Gasteiger partial charge in [0, 0.05) is 24.7 Å². The van der Waals surface area contributed by atoms with Crippen LogP contribution in [0.2, 0.25) is 0 Å². The summed E-state index contributed by atoms with van der Waals surface area (Å²) in [7, 11) is 3.24. The molecule has 0 aliphatic carbocycles. The van der Waals surface area contributed by atoms with E-state index < -0.39 is 0 Å². The van der Waals surface area contributed by atoms with Crippen molar-refractivity contribution in [2.45, 2.75) is 45.2 Å². The summed E-state index contributed by atoms with van der Waals surface area (Å²) >= 11 is 0. The van der Waals surface area contributed by atoms with Gasteiger partial charge < -0.3 is 14.4 Å². The standard InChI is InChI=1S/C21H27N3O4/c1-4-5-13-24-20(25)11-9-17(22-24)21(26)23-12-6-7-18(23)16-14-15(27-2)8-10-19(16)28-3/h8-11,14,18H,4-7,12-13H2,1-3H3/t18-/m0/s1. The van der Waals surface area contributed by atoms with E-state index in [2.05, 4.69) is 12.0 Å². The topological polar surface area (TPSA) is 73.7 Å². The molecule has 0 N–H and O–H groups in total. The number of carbonyl (C=O) groups is 1. The molecule has 2 heterocycles. The Hall–Kier alpha value is -2.83. The molecule has 0 unspecified atom stereocenters. The van der Waals surface area contributed by atoms with Gasteiger partial charge in [0.1, 0.15) is 17.2 Å². The second kappa shape index (κ2) is 8.91. The average molecular weight is 385 g/mol. The minimum atomic E-state index is -0.183. The van der Waals surface area contributed by atoms with Crippen molar-refractivity contribution in [2.75, 3.05) is 20.8 Å². The lowest BCUT2D eigenvalue weighted by atomic mass is 10.0. The molecule has 7 nitrogen and oxygen atoms in total. The van der Waals surface area contributed by atoms with Crippen LogP contribution < -0.4 is 15.0 Å². The highest BCUT2D eigenvalue weighted by Crippen LogP contribution is 2.39. The van der Waals surface area contributed by atoms with Crippen molar-refractivity contribution in [1.29, 1.82) is 0 Å². The lowest BCUT2D eigenvalue weighted by Crippen LogP contribution is -2.33. The van der Waals surface area contributed by atoms with Crippen LogP contribution in [-0.4, -0.2) is 41.4 Å². The molecule has 1 aliphatic rings. The molecule has 1 atom stereocenters. The summed E-state index contributed by atoms with van der Waals surface area (Å²) in [6.45, 7) is 3.21. The molecule has 3 rings (SSSR count). The number of hydrogen-bond acceptors (Lipinski definition) is 5. The van der Waals surface area contributed by atoms with Gasteiger partial charge in [-0.3, -0.25) is 9.59 Å². The maximum absolute atomic E-state index is 13.2. The first-order valence-electron chi connectivity index (χ1n) is 9.70.